The number of aliphatic carboxylic acids is 1. The maximum atomic E-state index is 10.6. The van der Waals surface area contributed by atoms with Crippen molar-refractivity contribution >= 4 is 35.9 Å². The number of nitrogens with zero attached hydrogens (tertiary/aromatic N) is 3. The Kier molecular flexibility index (Phi) is 10.5. The first kappa shape index (κ1) is 22.9. The summed E-state index contributed by atoms with van der Waals surface area (Å²) in [6.07, 6.45) is 3.28. The van der Waals surface area contributed by atoms with Gasteiger partial charge in [-0.25, -0.2) is 14.8 Å². The summed E-state index contributed by atoms with van der Waals surface area (Å²) >= 11 is 5.99. The molecule has 0 aliphatic rings. The minimum Gasteiger partial charge on any atom is -0.481 e. The highest BCUT2D eigenvalue weighted by Gasteiger charge is 2.10. The van der Waals surface area contributed by atoms with E-state index in [9.17, 15) is 4.79 Å². The molecule has 2 N–H and O–H groups in total. The predicted octanol–water partition coefficient (Wildman–Crippen LogP) is 2.58. The molecule has 25 heavy (non-hydrogen) atoms. The highest BCUT2D eigenvalue weighted by atomic mass is 35.5. The number of hydrogen-bond donors (Lipinski definition) is 2. The lowest BCUT2D eigenvalue weighted by atomic mass is 10.1. The van der Waals surface area contributed by atoms with Crippen molar-refractivity contribution in [3.05, 3.63) is 35.6 Å². The predicted molar refractivity (Wildman–Crippen MR) is 102 cm³/mol. The second-order valence-corrected chi connectivity index (χ2v) is 5.43. The number of anilines is 1. The molecule has 0 radical (unpaired) electrons. The van der Waals surface area contributed by atoms with Gasteiger partial charge >= 0.3 is 5.97 Å². The average molecular weight is 389 g/mol. The van der Waals surface area contributed by atoms with Gasteiger partial charge in [-0.1, -0.05) is 11.6 Å². The summed E-state index contributed by atoms with van der Waals surface area (Å²) < 4.78 is 5.26. The Morgan fingerprint density at radius 3 is 2.32 bits per heavy atom. The Labute approximate surface area is 158 Å². The van der Waals surface area contributed by atoms with Gasteiger partial charge in [-0.2, -0.15) is 0 Å². The van der Waals surface area contributed by atoms with Crippen molar-refractivity contribution in [1.29, 1.82) is 0 Å². The molecule has 0 aliphatic carbocycles. The molecule has 1 aromatic carbocycles. The van der Waals surface area contributed by atoms with Crippen LogP contribution in [0.15, 0.2) is 30.6 Å². The van der Waals surface area contributed by atoms with E-state index in [1.807, 2.05) is 28.2 Å². The zero-order chi connectivity index (χ0) is 18.1. The zero-order valence-corrected chi connectivity index (χ0v) is 16.1. The highest BCUT2D eigenvalue weighted by Crippen LogP contribution is 2.32. The SMILES string of the molecule is CN(C)c1ncc(-c2cc(Cl)ccc2OCC(=O)O)cn1.CNC.Cl. The summed E-state index contributed by atoms with van der Waals surface area (Å²) in [6.45, 7) is -0.425. The smallest absolute Gasteiger partial charge is 0.341 e. The van der Waals surface area contributed by atoms with E-state index in [4.69, 9.17) is 21.4 Å². The molecule has 0 amide bonds. The van der Waals surface area contributed by atoms with Crippen molar-refractivity contribution in [2.24, 2.45) is 0 Å². The van der Waals surface area contributed by atoms with E-state index in [2.05, 4.69) is 15.3 Å². The number of carboxylic acids is 1. The fourth-order valence-electron chi connectivity index (χ4n) is 1.68. The van der Waals surface area contributed by atoms with Crippen LogP contribution in [0.4, 0.5) is 5.95 Å². The van der Waals surface area contributed by atoms with Gasteiger partial charge in [0, 0.05) is 42.6 Å². The third kappa shape index (κ3) is 7.55. The third-order valence-corrected chi connectivity index (χ3v) is 2.88. The Morgan fingerprint density at radius 2 is 1.84 bits per heavy atom. The number of halogens is 2. The number of nitrogens with one attached hydrogen (secondary N) is 1. The molecular weight excluding hydrogens is 367 g/mol. The number of carboxylic acid groups (broad SMARTS) is 1. The van der Waals surface area contributed by atoms with Crippen LogP contribution in [0.3, 0.4) is 0 Å². The lowest BCUT2D eigenvalue weighted by Crippen LogP contribution is -2.12. The third-order valence-electron chi connectivity index (χ3n) is 2.64. The number of carbonyl (C=O) groups is 1. The molecule has 1 heterocycles. The number of aromatic nitrogens is 2. The van der Waals surface area contributed by atoms with E-state index < -0.39 is 12.6 Å². The fourth-order valence-corrected chi connectivity index (χ4v) is 1.86. The average Bonchev–Trinajstić information content (AvgIpc) is 2.54. The maximum Gasteiger partial charge on any atom is 0.341 e. The van der Waals surface area contributed by atoms with Crippen molar-refractivity contribution in [3.63, 3.8) is 0 Å². The molecule has 0 unspecified atom stereocenters. The minimum absolute atomic E-state index is 0. The molecular formula is C16H22Cl2N4O3. The summed E-state index contributed by atoms with van der Waals surface area (Å²) in [7, 11) is 7.44. The van der Waals surface area contributed by atoms with Gasteiger partial charge in [0.2, 0.25) is 5.95 Å². The maximum absolute atomic E-state index is 10.6. The minimum atomic E-state index is -1.05. The van der Waals surface area contributed by atoms with Crippen LogP contribution in [0.2, 0.25) is 5.02 Å². The first-order valence-corrected chi connectivity index (χ1v) is 7.49. The molecule has 2 aromatic rings. The molecule has 138 valence electrons. The van der Waals surface area contributed by atoms with Gasteiger partial charge in [0.05, 0.1) is 0 Å². The molecule has 0 atom stereocenters. The number of hydrogen-bond acceptors (Lipinski definition) is 6. The normalized spacial score (nSPS) is 9.32. The summed E-state index contributed by atoms with van der Waals surface area (Å²) in [5.41, 5.74) is 1.34. The van der Waals surface area contributed by atoms with Crippen molar-refractivity contribution < 1.29 is 14.6 Å². The second-order valence-electron chi connectivity index (χ2n) is 4.99. The van der Waals surface area contributed by atoms with Crippen LogP contribution < -0.4 is 15.0 Å². The van der Waals surface area contributed by atoms with Gasteiger partial charge in [0.15, 0.2) is 6.61 Å². The molecule has 9 heteroatoms. The summed E-state index contributed by atoms with van der Waals surface area (Å²) in [4.78, 5) is 20.8. The molecule has 7 nitrogen and oxygen atoms in total. The first-order valence-electron chi connectivity index (χ1n) is 7.11. The molecule has 0 aliphatic heterocycles. The van der Waals surface area contributed by atoms with Gasteiger partial charge in [-0.3, -0.25) is 0 Å². The van der Waals surface area contributed by atoms with Crippen LogP contribution in [-0.4, -0.2) is 55.8 Å². The van der Waals surface area contributed by atoms with Crippen LogP contribution >= 0.6 is 24.0 Å². The Balaban J connectivity index is 0.00000134. The van der Waals surface area contributed by atoms with Crippen LogP contribution in [0.25, 0.3) is 11.1 Å². The van der Waals surface area contributed by atoms with Gasteiger partial charge in [0.25, 0.3) is 0 Å². The van der Waals surface area contributed by atoms with Gasteiger partial charge in [0.1, 0.15) is 5.75 Å². The number of ether oxygens (including phenoxy) is 1. The standard InChI is InChI=1S/C14H14ClN3O3.C2H7N.ClH/c1-18(2)14-16-6-9(7-17-14)11-5-10(15)3-4-12(11)21-8-13(19)20;1-3-2;/h3-7H,8H2,1-2H3,(H,19,20);3H,1-2H3;1H. The first-order chi connectivity index (χ1) is 11.4. The molecule has 0 saturated carbocycles. The Morgan fingerprint density at radius 1 is 1.28 bits per heavy atom. The van der Waals surface area contributed by atoms with Crippen LogP contribution in [0.5, 0.6) is 5.75 Å². The second kappa shape index (κ2) is 11.5. The largest absolute Gasteiger partial charge is 0.481 e. The van der Waals surface area contributed by atoms with Crippen LogP contribution in [-0.2, 0) is 4.79 Å². The quantitative estimate of drug-likeness (QED) is 0.813. The van der Waals surface area contributed by atoms with Crippen molar-refractivity contribution in [2.45, 2.75) is 0 Å². The Hall–Kier alpha value is -2.09. The van der Waals surface area contributed by atoms with Crippen molar-refractivity contribution in [2.75, 3.05) is 39.7 Å². The van der Waals surface area contributed by atoms with Gasteiger partial charge < -0.3 is 20.1 Å². The summed E-state index contributed by atoms with van der Waals surface area (Å²) in [5.74, 6) is -0.0492. The van der Waals surface area contributed by atoms with E-state index in [0.717, 1.165) is 0 Å². The topological polar surface area (TPSA) is 87.6 Å². The van der Waals surface area contributed by atoms with Gasteiger partial charge in [-0.15, -0.1) is 12.4 Å². The van der Waals surface area contributed by atoms with E-state index in [-0.39, 0.29) is 12.4 Å². The van der Waals surface area contributed by atoms with Crippen molar-refractivity contribution in [3.8, 4) is 16.9 Å². The van der Waals surface area contributed by atoms with E-state index in [0.29, 0.717) is 27.8 Å². The number of rotatable bonds is 5. The molecule has 2 rings (SSSR count). The molecule has 0 fully saturated rings. The van der Waals surface area contributed by atoms with E-state index in [1.165, 1.54) is 0 Å². The van der Waals surface area contributed by atoms with E-state index >= 15 is 0 Å². The zero-order valence-electron chi connectivity index (χ0n) is 14.5. The number of benzene rings is 1. The summed E-state index contributed by atoms with van der Waals surface area (Å²) in [5, 5.41) is 12.0. The molecule has 1 aromatic heterocycles. The lowest BCUT2D eigenvalue weighted by molar-refractivity contribution is -0.139. The Bertz CT molecular complexity index is 667. The molecule has 0 spiro atoms. The lowest BCUT2D eigenvalue weighted by Gasteiger charge is -2.12. The summed E-state index contributed by atoms with van der Waals surface area (Å²) in [6, 6.07) is 4.95. The molecule has 0 saturated heterocycles. The van der Waals surface area contributed by atoms with E-state index in [1.54, 1.807) is 35.5 Å². The van der Waals surface area contributed by atoms with Crippen LogP contribution in [0.1, 0.15) is 0 Å². The highest BCUT2D eigenvalue weighted by molar-refractivity contribution is 6.31. The van der Waals surface area contributed by atoms with Crippen LogP contribution in [0, 0.1) is 0 Å². The fraction of sp³-hybridized carbons (Fsp3) is 0.312. The monoisotopic (exact) mass is 388 g/mol. The molecule has 0 bridgehead atoms. The van der Waals surface area contributed by atoms with Gasteiger partial charge in [-0.05, 0) is 32.3 Å². The van der Waals surface area contributed by atoms with Crippen molar-refractivity contribution in [1.82, 2.24) is 15.3 Å².